The molecule has 2 heterocycles. The first kappa shape index (κ1) is 14.4. The first-order valence-electron chi connectivity index (χ1n) is 6.75. The van der Waals surface area contributed by atoms with E-state index in [9.17, 15) is 0 Å². The van der Waals surface area contributed by atoms with Crippen LogP contribution in [0.3, 0.4) is 0 Å². The topological polar surface area (TPSA) is 73.9 Å². The van der Waals surface area contributed by atoms with Gasteiger partial charge < -0.3 is 10.5 Å². The lowest BCUT2D eigenvalue weighted by molar-refractivity contribution is 0.397. The molecule has 1 unspecified atom stereocenters. The van der Waals surface area contributed by atoms with Gasteiger partial charge in [0.25, 0.3) is 0 Å². The Morgan fingerprint density at radius 1 is 1.10 bits per heavy atom. The first-order chi connectivity index (χ1) is 9.71. The number of pyridine rings is 1. The summed E-state index contributed by atoms with van der Waals surface area (Å²) in [7, 11) is 1.60. The summed E-state index contributed by atoms with van der Waals surface area (Å²) in [6.45, 7) is 2.08. The van der Waals surface area contributed by atoms with Crippen molar-refractivity contribution in [3.05, 3.63) is 47.7 Å². The van der Waals surface area contributed by atoms with Gasteiger partial charge in [0.15, 0.2) is 0 Å². The third-order valence-electron chi connectivity index (χ3n) is 3.15. The summed E-state index contributed by atoms with van der Waals surface area (Å²) in [4.78, 5) is 12.9. The molecule has 2 N–H and O–H groups in total. The van der Waals surface area contributed by atoms with Gasteiger partial charge in [-0.25, -0.2) is 15.0 Å². The van der Waals surface area contributed by atoms with Crippen LogP contribution < -0.4 is 10.5 Å². The zero-order chi connectivity index (χ0) is 14.4. The molecule has 20 heavy (non-hydrogen) atoms. The average molecular weight is 272 g/mol. The fourth-order valence-corrected chi connectivity index (χ4v) is 1.84. The van der Waals surface area contributed by atoms with E-state index >= 15 is 0 Å². The lowest BCUT2D eigenvalue weighted by Crippen LogP contribution is -2.21. The minimum absolute atomic E-state index is 0.176. The van der Waals surface area contributed by atoms with Gasteiger partial charge in [-0.3, -0.25) is 0 Å². The van der Waals surface area contributed by atoms with Crippen LogP contribution in [0.15, 0.2) is 30.7 Å². The molecule has 0 bridgehead atoms. The van der Waals surface area contributed by atoms with Crippen molar-refractivity contribution in [1.29, 1.82) is 0 Å². The van der Waals surface area contributed by atoms with Crippen molar-refractivity contribution in [2.75, 3.05) is 7.11 Å². The largest absolute Gasteiger partial charge is 0.481 e. The van der Waals surface area contributed by atoms with Gasteiger partial charge >= 0.3 is 0 Å². The molecular weight excluding hydrogens is 252 g/mol. The number of hydrogen-bond acceptors (Lipinski definition) is 5. The van der Waals surface area contributed by atoms with Crippen LogP contribution in [-0.4, -0.2) is 28.1 Å². The molecule has 0 spiro atoms. The van der Waals surface area contributed by atoms with Crippen LogP contribution >= 0.6 is 0 Å². The van der Waals surface area contributed by atoms with Gasteiger partial charge in [-0.2, -0.15) is 0 Å². The zero-order valence-electron chi connectivity index (χ0n) is 11.9. The zero-order valence-corrected chi connectivity index (χ0v) is 11.9. The van der Waals surface area contributed by atoms with Crippen LogP contribution in [0.2, 0.25) is 0 Å². The van der Waals surface area contributed by atoms with Gasteiger partial charge in [0.1, 0.15) is 5.82 Å². The SMILES string of the molecule is CCC(N)Cc1cnc(Cc2ccc(OC)nc2)nc1. The molecule has 0 fully saturated rings. The number of ether oxygens (including phenoxy) is 1. The normalized spacial score (nSPS) is 12.2. The Labute approximate surface area is 119 Å². The van der Waals surface area contributed by atoms with Crippen molar-refractivity contribution >= 4 is 0 Å². The third-order valence-corrected chi connectivity index (χ3v) is 3.15. The Balaban J connectivity index is 1.99. The standard InChI is InChI=1S/C15H20N4O/c1-3-13(16)6-12-9-17-14(18-10-12)7-11-4-5-15(20-2)19-8-11/h4-5,8-10,13H,3,6-7,16H2,1-2H3. The number of aromatic nitrogens is 3. The Kier molecular flexibility index (Phi) is 5.01. The summed E-state index contributed by atoms with van der Waals surface area (Å²) in [5.74, 6) is 1.39. The van der Waals surface area contributed by atoms with Crippen molar-refractivity contribution in [3.63, 3.8) is 0 Å². The Hall–Kier alpha value is -2.01. The molecule has 5 heteroatoms. The maximum atomic E-state index is 5.92. The predicted molar refractivity (Wildman–Crippen MR) is 77.6 cm³/mol. The highest BCUT2D eigenvalue weighted by Crippen LogP contribution is 2.10. The molecule has 0 saturated carbocycles. The summed E-state index contributed by atoms with van der Waals surface area (Å²) < 4.78 is 5.03. The summed E-state index contributed by atoms with van der Waals surface area (Å²) in [5.41, 5.74) is 8.06. The summed E-state index contributed by atoms with van der Waals surface area (Å²) in [6, 6.07) is 3.98. The highest BCUT2D eigenvalue weighted by atomic mass is 16.5. The van der Waals surface area contributed by atoms with E-state index in [-0.39, 0.29) is 6.04 Å². The van der Waals surface area contributed by atoms with Gasteiger partial charge in [-0.1, -0.05) is 13.0 Å². The van der Waals surface area contributed by atoms with Gasteiger partial charge in [0.2, 0.25) is 5.88 Å². The van der Waals surface area contributed by atoms with Crippen molar-refractivity contribution < 1.29 is 4.74 Å². The average Bonchev–Trinajstić information content (AvgIpc) is 2.50. The Bertz CT molecular complexity index is 525. The van der Waals surface area contributed by atoms with Crippen molar-refractivity contribution in [2.45, 2.75) is 32.2 Å². The fourth-order valence-electron chi connectivity index (χ4n) is 1.84. The smallest absolute Gasteiger partial charge is 0.212 e. The second kappa shape index (κ2) is 6.96. The molecule has 2 aromatic heterocycles. The quantitative estimate of drug-likeness (QED) is 0.867. The molecule has 0 aliphatic carbocycles. The van der Waals surface area contributed by atoms with Crippen molar-refractivity contribution in [3.8, 4) is 5.88 Å². The highest BCUT2D eigenvalue weighted by Gasteiger charge is 2.04. The molecule has 0 aliphatic heterocycles. The lowest BCUT2D eigenvalue weighted by atomic mass is 10.1. The molecule has 0 amide bonds. The molecule has 2 aromatic rings. The molecule has 0 saturated heterocycles. The van der Waals surface area contributed by atoms with E-state index in [2.05, 4.69) is 21.9 Å². The molecule has 1 atom stereocenters. The number of methoxy groups -OCH3 is 1. The number of nitrogens with zero attached hydrogens (tertiary/aromatic N) is 3. The first-order valence-corrected chi connectivity index (χ1v) is 6.75. The van der Waals surface area contributed by atoms with Crippen LogP contribution in [-0.2, 0) is 12.8 Å². The predicted octanol–water partition coefficient (Wildman–Crippen LogP) is 1.75. The van der Waals surface area contributed by atoms with Gasteiger partial charge in [0, 0.05) is 37.1 Å². The number of rotatable bonds is 6. The minimum atomic E-state index is 0.176. The lowest BCUT2D eigenvalue weighted by Gasteiger charge is -2.08. The number of hydrogen-bond donors (Lipinski definition) is 1. The summed E-state index contributed by atoms with van der Waals surface area (Å²) in [5, 5.41) is 0. The fraction of sp³-hybridized carbons (Fsp3) is 0.400. The maximum Gasteiger partial charge on any atom is 0.212 e. The molecule has 2 rings (SSSR count). The molecule has 106 valence electrons. The van der Waals surface area contributed by atoms with Crippen LogP contribution in [0, 0.1) is 0 Å². The van der Waals surface area contributed by atoms with Crippen molar-refractivity contribution in [1.82, 2.24) is 15.0 Å². The van der Waals surface area contributed by atoms with E-state index in [1.807, 2.05) is 24.5 Å². The molecule has 5 nitrogen and oxygen atoms in total. The second-order valence-electron chi connectivity index (χ2n) is 4.77. The second-order valence-corrected chi connectivity index (χ2v) is 4.77. The summed E-state index contributed by atoms with van der Waals surface area (Å²) >= 11 is 0. The van der Waals surface area contributed by atoms with Crippen LogP contribution in [0.1, 0.15) is 30.3 Å². The molecular formula is C15H20N4O. The van der Waals surface area contributed by atoms with Gasteiger partial charge in [-0.15, -0.1) is 0 Å². The third kappa shape index (κ3) is 3.99. The molecule has 0 aliphatic rings. The highest BCUT2D eigenvalue weighted by molar-refractivity contribution is 5.21. The van der Waals surface area contributed by atoms with Crippen molar-refractivity contribution in [2.24, 2.45) is 5.73 Å². The monoisotopic (exact) mass is 272 g/mol. The Morgan fingerprint density at radius 2 is 1.80 bits per heavy atom. The van der Waals surface area contributed by atoms with Crippen LogP contribution in [0.4, 0.5) is 0 Å². The number of nitrogens with two attached hydrogens (primary N) is 1. The van der Waals surface area contributed by atoms with E-state index in [1.54, 1.807) is 13.3 Å². The van der Waals surface area contributed by atoms with Crippen LogP contribution in [0.5, 0.6) is 5.88 Å². The van der Waals surface area contributed by atoms with Crippen LogP contribution in [0.25, 0.3) is 0 Å². The maximum absolute atomic E-state index is 5.92. The van der Waals surface area contributed by atoms with E-state index in [4.69, 9.17) is 10.5 Å². The minimum Gasteiger partial charge on any atom is -0.481 e. The van der Waals surface area contributed by atoms with E-state index in [1.165, 1.54) is 0 Å². The molecule has 0 radical (unpaired) electrons. The molecule has 0 aromatic carbocycles. The van der Waals surface area contributed by atoms with E-state index < -0.39 is 0 Å². The van der Waals surface area contributed by atoms with E-state index in [0.29, 0.717) is 12.3 Å². The Morgan fingerprint density at radius 3 is 2.35 bits per heavy atom. The summed E-state index contributed by atoms with van der Waals surface area (Å²) in [6.07, 6.45) is 7.93. The van der Waals surface area contributed by atoms with Gasteiger partial charge in [-0.05, 0) is 24.0 Å². The van der Waals surface area contributed by atoms with E-state index in [0.717, 1.165) is 29.8 Å². The van der Waals surface area contributed by atoms with Gasteiger partial charge in [0.05, 0.1) is 7.11 Å².